The fourth-order valence-corrected chi connectivity index (χ4v) is 1.43. The molecule has 1 heterocycles. The molecule has 0 spiro atoms. The molecule has 1 aliphatic heterocycles. The zero-order valence-corrected chi connectivity index (χ0v) is 8.56. The Kier molecular flexibility index (Phi) is 5.33. The molecule has 0 saturated carbocycles. The average molecular weight is 203 g/mol. The summed E-state index contributed by atoms with van der Waals surface area (Å²) in [5.74, 6) is 2.74. The van der Waals surface area contributed by atoms with Gasteiger partial charge in [-0.05, 0) is 19.8 Å². The molecule has 0 aromatic heterocycles. The fourth-order valence-electron chi connectivity index (χ4n) is 1.43. The van der Waals surface area contributed by atoms with Crippen molar-refractivity contribution in [3.05, 3.63) is 0 Å². The van der Waals surface area contributed by atoms with Crippen molar-refractivity contribution < 1.29 is 4.79 Å². The van der Waals surface area contributed by atoms with Crippen molar-refractivity contribution >= 4 is 18.3 Å². The highest BCUT2D eigenvalue weighted by Gasteiger charge is 2.21. The zero-order chi connectivity index (χ0) is 8.97. The molecule has 1 rings (SSSR count). The molecule has 1 amide bonds. The van der Waals surface area contributed by atoms with E-state index in [4.69, 9.17) is 5.73 Å². The number of carbonyl (C=O) groups is 1. The van der Waals surface area contributed by atoms with E-state index in [9.17, 15) is 4.79 Å². The van der Waals surface area contributed by atoms with Crippen LogP contribution >= 0.6 is 12.4 Å². The van der Waals surface area contributed by atoms with Crippen LogP contribution in [0.3, 0.4) is 0 Å². The van der Waals surface area contributed by atoms with E-state index in [0.717, 1.165) is 25.9 Å². The minimum absolute atomic E-state index is 0. The molecule has 0 bridgehead atoms. The van der Waals surface area contributed by atoms with Gasteiger partial charge in [-0.3, -0.25) is 4.79 Å². The normalized spacial score (nSPS) is 16.8. The number of primary amides is 1. The van der Waals surface area contributed by atoms with Crippen LogP contribution in [0.2, 0.25) is 0 Å². The van der Waals surface area contributed by atoms with E-state index in [-0.39, 0.29) is 24.2 Å². The molecule has 4 heteroatoms. The van der Waals surface area contributed by atoms with Gasteiger partial charge < -0.3 is 10.6 Å². The Bertz CT molecular complexity index is 224. The van der Waals surface area contributed by atoms with Crippen LogP contribution in [0, 0.1) is 17.9 Å². The van der Waals surface area contributed by atoms with E-state index in [1.807, 2.05) is 11.8 Å². The van der Waals surface area contributed by atoms with Crippen LogP contribution in [0.4, 0.5) is 0 Å². The van der Waals surface area contributed by atoms with Crippen molar-refractivity contribution in [1.82, 2.24) is 4.90 Å². The van der Waals surface area contributed by atoms with Crippen molar-refractivity contribution in [2.24, 2.45) is 11.7 Å². The Morgan fingerprint density at radius 1 is 1.46 bits per heavy atom. The summed E-state index contributed by atoms with van der Waals surface area (Å²) in [5.41, 5.74) is 5.19. The molecule has 74 valence electrons. The van der Waals surface area contributed by atoms with Gasteiger partial charge in [0, 0.05) is 25.1 Å². The van der Waals surface area contributed by atoms with Crippen LogP contribution in [0.15, 0.2) is 0 Å². The van der Waals surface area contributed by atoms with Gasteiger partial charge in [-0.1, -0.05) is 5.92 Å². The monoisotopic (exact) mass is 202 g/mol. The molecule has 0 aromatic carbocycles. The lowest BCUT2D eigenvalue weighted by atomic mass is 9.97. The van der Waals surface area contributed by atoms with E-state index in [1.54, 1.807) is 0 Å². The number of hydrogen-bond donors (Lipinski definition) is 1. The van der Waals surface area contributed by atoms with Gasteiger partial charge in [0.15, 0.2) is 0 Å². The third kappa shape index (κ3) is 3.56. The van der Waals surface area contributed by atoms with Crippen molar-refractivity contribution in [3.8, 4) is 12.0 Å². The molecule has 0 unspecified atom stereocenters. The minimum atomic E-state index is -0.167. The SMILES string of the molecule is CC#CN1CCC(C(N)=O)CC1.Cl. The maximum atomic E-state index is 10.8. The Morgan fingerprint density at radius 2 is 2.00 bits per heavy atom. The first-order chi connectivity index (χ1) is 5.74. The standard InChI is InChI=1S/C9H14N2O.ClH/c1-2-5-11-6-3-8(4-7-11)9(10)12;/h8H,3-4,6-7H2,1H3,(H2,10,12);1H. The second-order valence-electron chi connectivity index (χ2n) is 3.03. The van der Waals surface area contributed by atoms with Crippen LogP contribution in [0.5, 0.6) is 0 Å². The average Bonchev–Trinajstić information content (AvgIpc) is 2.06. The second kappa shape index (κ2) is 5.71. The van der Waals surface area contributed by atoms with E-state index in [2.05, 4.69) is 12.0 Å². The number of hydrogen-bond acceptors (Lipinski definition) is 2. The molecule has 0 aliphatic carbocycles. The predicted molar refractivity (Wildman–Crippen MR) is 54.2 cm³/mol. The Morgan fingerprint density at radius 3 is 2.38 bits per heavy atom. The molecule has 1 fully saturated rings. The van der Waals surface area contributed by atoms with Crippen LogP contribution in [-0.4, -0.2) is 23.9 Å². The topological polar surface area (TPSA) is 46.3 Å². The molecular formula is C9H15ClN2O. The Balaban J connectivity index is 0.00000144. The summed E-state index contributed by atoms with van der Waals surface area (Å²) in [6, 6.07) is 2.98. The largest absolute Gasteiger partial charge is 0.369 e. The highest BCUT2D eigenvalue weighted by molar-refractivity contribution is 5.85. The van der Waals surface area contributed by atoms with Crippen molar-refractivity contribution in [1.29, 1.82) is 0 Å². The molecule has 0 radical (unpaired) electrons. The number of carbonyl (C=O) groups excluding carboxylic acids is 1. The van der Waals surface area contributed by atoms with Crippen LogP contribution in [0.25, 0.3) is 0 Å². The highest BCUT2D eigenvalue weighted by Crippen LogP contribution is 2.15. The van der Waals surface area contributed by atoms with Gasteiger partial charge in [-0.25, -0.2) is 0 Å². The Hall–Kier alpha value is -0.880. The lowest BCUT2D eigenvalue weighted by Gasteiger charge is -2.27. The number of nitrogens with zero attached hydrogens (tertiary/aromatic N) is 1. The minimum Gasteiger partial charge on any atom is -0.369 e. The van der Waals surface area contributed by atoms with Crippen LogP contribution in [-0.2, 0) is 4.79 Å². The van der Waals surface area contributed by atoms with E-state index < -0.39 is 0 Å². The molecule has 13 heavy (non-hydrogen) atoms. The number of nitrogens with two attached hydrogens (primary N) is 1. The molecule has 1 aliphatic rings. The van der Waals surface area contributed by atoms with E-state index >= 15 is 0 Å². The molecule has 2 N–H and O–H groups in total. The molecule has 1 saturated heterocycles. The third-order valence-electron chi connectivity index (χ3n) is 2.17. The van der Waals surface area contributed by atoms with Gasteiger partial charge in [-0.15, -0.1) is 12.4 Å². The van der Waals surface area contributed by atoms with Crippen molar-refractivity contribution in [3.63, 3.8) is 0 Å². The van der Waals surface area contributed by atoms with Gasteiger partial charge in [0.1, 0.15) is 0 Å². The first-order valence-electron chi connectivity index (χ1n) is 4.20. The summed E-state index contributed by atoms with van der Waals surface area (Å²) in [7, 11) is 0. The second-order valence-corrected chi connectivity index (χ2v) is 3.03. The summed E-state index contributed by atoms with van der Waals surface area (Å²) in [4.78, 5) is 12.8. The number of amides is 1. The molecule has 0 atom stereocenters. The third-order valence-corrected chi connectivity index (χ3v) is 2.17. The smallest absolute Gasteiger partial charge is 0.220 e. The summed E-state index contributed by atoms with van der Waals surface area (Å²) < 4.78 is 0. The van der Waals surface area contributed by atoms with E-state index in [1.165, 1.54) is 0 Å². The van der Waals surface area contributed by atoms with Gasteiger partial charge in [0.05, 0.1) is 0 Å². The first-order valence-corrected chi connectivity index (χ1v) is 4.20. The first kappa shape index (κ1) is 12.1. The molecular weight excluding hydrogens is 188 g/mol. The fraction of sp³-hybridized carbons (Fsp3) is 0.667. The van der Waals surface area contributed by atoms with Gasteiger partial charge in [-0.2, -0.15) is 0 Å². The maximum Gasteiger partial charge on any atom is 0.220 e. The highest BCUT2D eigenvalue weighted by atomic mass is 35.5. The Labute approximate surface area is 85.1 Å². The van der Waals surface area contributed by atoms with Gasteiger partial charge in [0.2, 0.25) is 5.91 Å². The van der Waals surface area contributed by atoms with Crippen molar-refractivity contribution in [2.45, 2.75) is 19.8 Å². The van der Waals surface area contributed by atoms with Crippen molar-refractivity contribution in [2.75, 3.05) is 13.1 Å². The maximum absolute atomic E-state index is 10.8. The number of likely N-dealkylation sites (tertiary alicyclic amines) is 1. The van der Waals surface area contributed by atoms with Gasteiger partial charge >= 0.3 is 0 Å². The van der Waals surface area contributed by atoms with E-state index in [0.29, 0.717) is 0 Å². The lowest BCUT2D eigenvalue weighted by molar-refractivity contribution is -0.122. The number of rotatable bonds is 1. The van der Waals surface area contributed by atoms with Crippen LogP contribution < -0.4 is 5.73 Å². The summed E-state index contributed by atoms with van der Waals surface area (Å²) in [5, 5.41) is 0. The molecule has 0 aromatic rings. The number of piperidine rings is 1. The van der Waals surface area contributed by atoms with Gasteiger partial charge in [0.25, 0.3) is 0 Å². The predicted octanol–water partition coefficient (Wildman–Crippen LogP) is 0.586. The summed E-state index contributed by atoms with van der Waals surface area (Å²) in [6.45, 7) is 3.56. The lowest BCUT2D eigenvalue weighted by Crippen LogP contribution is -2.36. The number of halogens is 1. The van der Waals surface area contributed by atoms with Crippen LogP contribution in [0.1, 0.15) is 19.8 Å². The zero-order valence-electron chi connectivity index (χ0n) is 7.75. The summed E-state index contributed by atoms with van der Waals surface area (Å²) in [6.07, 6.45) is 1.70. The quantitative estimate of drug-likeness (QED) is 0.633. The summed E-state index contributed by atoms with van der Waals surface area (Å²) >= 11 is 0. The molecule has 3 nitrogen and oxygen atoms in total.